The van der Waals surface area contributed by atoms with Crippen LogP contribution in [0.2, 0.25) is 5.02 Å². The van der Waals surface area contributed by atoms with Crippen molar-refractivity contribution in [2.24, 2.45) is 0 Å². The zero-order valence-corrected chi connectivity index (χ0v) is 27.1. The molecule has 0 unspecified atom stereocenters. The van der Waals surface area contributed by atoms with E-state index in [0.29, 0.717) is 34.1 Å². The van der Waals surface area contributed by atoms with Crippen molar-refractivity contribution in [1.29, 1.82) is 0 Å². The van der Waals surface area contributed by atoms with Crippen molar-refractivity contribution in [3.05, 3.63) is 118 Å². The third kappa shape index (κ3) is 7.94. The minimum atomic E-state index is -0.263. The maximum absolute atomic E-state index is 13.7. The Kier molecular flexibility index (Phi) is 11.0. The number of carbonyl (C=O) groups is 2. The van der Waals surface area contributed by atoms with E-state index >= 15 is 0 Å². The molecule has 1 aromatic heterocycles. The molecule has 0 spiro atoms. The van der Waals surface area contributed by atoms with E-state index in [-0.39, 0.29) is 11.8 Å². The summed E-state index contributed by atoms with van der Waals surface area (Å²) in [5.41, 5.74) is 6.99. The van der Waals surface area contributed by atoms with Crippen molar-refractivity contribution >= 4 is 40.0 Å². The van der Waals surface area contributed by atoms with Crippen molar-refractivity contribution in [3.8, 4) is 11.3 Å². The molecule has 7 heteroatoms. The van der Waals surface area contributed by atoms with Crippen LogP contribution in [-0.2, 0) is 4.74 Å². The first-order valence-electron chi connectivity index (χ1n) is 14.9. The molecule has 0 saturated carbocycles. The number of allylic oxidation sites excluding steroid dienone is 3. The number of aryl methyl sites for hydroxylation is 2. The normalized spacial score (nSPS) is 11.1. The molecule has 0 aliphatic carbocycles. The number of aromatic nitrogens is 1. The van der Waals surface area contributed by atoms with Crippen LogP contribution >= 0.6 is 11.6 Å². The van der Waals surface area contributed by atoms with Crippen LogP contribution in [0.15, 0.2) is 90.4 Å². The van der Waals surface area contributed by atoms with E-state index in [2.05, 4.69) is 11.4 Å². The predicted octanol–water partition coefficient (Wildman–Crippen LogP) is 9.51. The monoisotopic (exact) mass is 609 g/mol. The molecular formula is C37H40ClN3O3. The molecule has 44 heavy (non-hydrogen) atoms. The lowest BCUT2D eigenvalue weighted by atomic mass is 9.99. The number of fused-ring (bicyclic) bond motifs is 1. The summed E-state index contributed by atoms with van der Waals surface area (Å²) < 4.78 is 5.69. The molecule has 4 rings (SSSR count). The molecule has 2 amide bonds. The number of rotatable bonds is 11. The Morgan fingerprint density at radius 1 is 1.00 bits per heavy atom. The average Bonchev–Trinajstić information content (AvgIpc) is 3.00. The number of nitrogens with one attached hydrogen (secondary N) is 1. The molecule has 6 nitrogen and oxygen atoms in total. The van der Waals surface area contributed by atoms with Crippen LogP contribution in [-0.4, -0.2) is 35.3 Å². The van der Waals surface area contributed by atoms with Gasteiger partial charge in [-0.2, -0.15) is 0 Å². The molecule has 0 aliphatic rings. The van der Waals surface area contributed by atoms with Gasteiger partial charge in [0.1, 0.15) is 5.76 Å². The summed E-state index contributed by atoms with van der Waals surface area (Å²) in [5.74, 6) is 0.645. The zero-order valence-electron chi connectivity index (χ0n) is 26.3. The minimum Gasteiger partial charge on any atom is -0.470 e. The summed E-state index contributed by atoms with van der Waals surface area (Å²) in [6.45, 7) is 10.6. The molecular weight excluding hydrogens is 570 g/mol. The molecule has 228 valence electrons. The highest BCUT2D eigenvalue weighted by atomic mass is 35.5. The Labute approximate surface area is 265 Å². The van der Waals surface area contributed by atoms with Gasteiger partial charge in [0.2, 0.25) is 0 Å². The van der Waals surface area contributed by atoms with Crippen molar-refractivity contribution in [3.63, 3.8) is 0 Å². The fraction of sp³-hybridized carbons (Fsp3) is 0.270. The summed E-state index contributed by atoms with van der Waals surface area (Å²) in [5, 5.41) is 4.35. The van der Waals surface area contributed by atoms with Gasteiger partial charge in [0.25, 0.3) is 11.8 Å². The minimum absolute atomic E-state index is 0.0639. The fourth-order valence-electron chi connectivity index (χ4n) is 5.10. The van der Waals surface area contributed by atoms with Crippen LogP contribution < -0.4 is 5.32 Å². The van der Waals surface area contributed by atoms with E-state index in [0.717, 1.165) is 58.2 Å². The Hall–Kier alpha value is -4.42. The molecule has 0 fully saturated rings. The summed E-state index contributed by atoms with van der Waals surface area (Å²) in [6.07, 6.45) is 6.17. The van der Waals surface area contributed by atoms with Crippen LogP contribution in [0.3, 0.4) is 0 Å². The molecule has 0 bridgehead atoms. The van der Waals surface area contributed by atoms with E-state index in [1.807, 2.05) is 78.1 Å². The molecule has 1 heterocycles. The highest BCUT2D eigenvalue weighted by Gasteiger charge is 2.18. The third-order valence-corrected chi connectivity index (χ3v) is 7.76. The number of unbranched alkanes of at least 4 members (excludes halogenated alkanes) is 1. The quantitative estimate of drug-likeness (QED) is 0.136. The molecule has 0 atom stereocenters. The van der Waals surface area contributed by atoms with Crippen LogP contribution in [0.25, 0.3) is 22.2 Å². The Morgan fingerprint density at radius 2 is 1.73 bits per heavy atom. The number of hydrogen-bond donors (Lipinski definition) is 1. The number of halogens is 1. The van der Waals surface area contributed by atoms with E-state index < -0.39 is 0 Å². The first-order valence-corrected chi connectivity index (χ1v) is 15.2. The molecule has 3 aromatic carbocycles. The van der Waals surface area contributed by atoms with Gasteiger partial charge < -0.3 is 15.0 Å². The van der Waals surface area contributed by atoms with E-state index in [9.17, 15) is 9.59 Å². The lowest BCUT2D eigenvalue weighted by molar-refractivity contribution is 0.0792. The topological polar surface area (TPSA) is 71.5 Å². The maximum Gasteiger partial charge on any atom is 0.256 e. The fourth-order valence-corrected chi connectivity index (χ4v) is 5.34. The molecule has 0 radical (unpaired) electrons. The Bertz CT molecular complexity index is 1720. The molecule has 4 aromatic rings. The standard InChI is InChI=1S/C37H40ClN3O3/c1-7-20-44-34(24(2)3)14-10-11-19-41(6)37(43)27-15-17-28(18-16-27)39-36(42)31-23-33(29-12-8-9-13-32(29)38)40-35-26(5)21-25(4)22-30(31)35/h7-9,12-13,15-18,20-23H,10-11,14,19H2,1-6H3,(H,39,42)/b20-7-. The van der Waals surface area contributed by atoms with Gasteiger partial charge in [-0.25, -0.2) is 4.98 Å². The number of pyridine rings is 1. The van der Waals surface area contributed by atoms with E-state index in [4.69, 9.17) is 21.3 Å². The largest absolute Gasteiger partial charge is 0.470 e. The second kappa shape index (κ2) is 14.8. The van der Waals surface area contributed by atoms with Gasteiger partial charge in [-0.15, -0.1) is 0 Å². The van der Waals surface area contributed by atoms with Crippen molar-refractivity contribution in [2.75, 3.05) is 18.9 Å². The summed E-state index contributed by atoms with van der Waals surface area (Å²) in [7, 11) is 1.81. The van der Waals surface area contributed by atoms with E-state index in [1.165, 1.54) is 0 Å². The number of anilines is 1. The lowest BCUT2D eigenvalue weighted by Crippen LogP contribution is -2.27. The number of benzene rings is 3. The highest BCUT2D eigenvalue weighted by molar-refractivity contribution is 6.33. The summed E-state index contributed by atoms with van der Waals surface area (Å²) in [6, 6.07) is 20.3. The van der Waals surface area contributed by atoms with Gasteiger partial charge in [-0.3, -0.25) is 9.59 Å². The predicted molar refractivity (Wildman–Crippen MR) is 181 cm³/mol. The van der Waals surface area contributed by atoms with Crippen LogP contribution in [0.5, 0.6) is 0 Å². The van der Waals surface area contributed by atoms with E-state index in [1.54, 1.807) is 41.5 Å². The zero-order chi connectivity index (χ0) is 31.8. The van der Waals surface area contributed by atoms with Crippen LogP contribution in [0, 0.1) is 13.8 Å². The maximum atomic E-state index is 13.7. The highest BCUT2D eigenvalue weighted by Crippen LogP contribution is 2.32. The number of carbonyl (C=O) groups excluding carboxylic acids is 2. The molecule has 0 aliphatic heterocycles. The summed E-state index contributed by atoms with van der Waals surface area (Å²) in [4.78, 5) is 33.4. The number of ether oxygens (including phenoxy) is 1. The molecule has 0 saturated heterocycles. The second-order valence-corrected chi connectivity index (χ2v) is 11.6. The van der Waals surface area contributed by atoms with Crippen molar-refractivity contribution in [2.45, 2.75) is 53.9 Å². The van der Waals surface area contributed by atoms with Gasteiger partial charge in [-0.05, 0) is 101 Å². The van der Waals surface area contributed by atoms with Crippen molar-refractivity contribution in [1.82, 2.24) is 9.88 Å². The number of amides is 2. The summed E-state index contributed by atoms with van der Waals surface area (Å²) >= 11 is 6.49. The van der Waals surface area contributed by atoms with Gasteiger partial charge in [0.05, 0.1) is 23.0 Å². The van der Waals surface area contributed by atoms with Crippen LogP contribution in [0.4, 0.5) is 5.69 Å². The first-order chi connectivity index (χ1) is 21.1. The first kappa shape index (κ1) is 32.5. The average molecular weight is 610 g/mol. The second-order valence-electron chi connectivity index (χ2n) is 11.2. The van der Waals surface area contributed by atoms with Gasteiger partial charge in [0, 0.05) is 47.2 Å². The van der Waals surface area contributed by atoms with Crippen LogP contribution in [0.1, 0.15) is 71.9 Å². The third-order valence-electron chi connectivity index (χ3n) is 7.43. The van der Waals surface area contributed by atoms with Gasteiger partial charge >= 0.3 is 0 Å². The SMILES string of the molecule is C/C=C\OC(CCCCN(C)C(=O)c1ccc(NC(=O)c2cc(-c3ccccc3Cl)nc3c(C)cc(C)cc23)cc1)=C(C)C. The number of nitrogens with zero attached hydrogens (tertiary/aromatic N) is 2. The Morgan fingerprint density at radius 3 is 2.41 bits per heavy atom. The lowest BCUT2D eigenvalue weighted by Gasteiger charge is -2.18. The smallest absolute Gasteiger partial charge is 0.256 e. The van der Waals surface area contributed by atoms with Crippen molar-refractivity contribution < 1.29 is 14.3 Å². The Balaban J connectivity index is 1.46. The molecule has 1 N–H and O–H groups in total. The van der Waals surface area contributed by atoms with Gasteiger partial charge in [-0.1, -0.05) is 47.5 Å². The number of hydrogen-bond acceptors (Lipinski definition) is 4. The van der Waals surface area contributed by atoms with Gasteiger partial charge in [0.15, 0.2) is 0 Å².